The summed E-state index contributed by atoms with van der Waals surface area (Å²) in [6.45, 7) is 6.77. The molecule has 0 N–H and O–H groups in total. The van der Waals surface area contributed by atoms with E-state index in [1.807, 2.05) is 13.0 Å². The molecule has 1 heterocycles. The van der Waals surface area contributed by atoms with Crippen LogP contribution in [0.2, 0.25) is 0 Å². The van der Waals surface area contributed by atoms with Crippen molar-refractivity contribution >= 4 is 27.6 Å². The van der Waals surface area contributed by atoms with Crippen LogP contribution >= 0.6 is 15.9 Å². The van der Waals surface area contributed by atoms with Crippen LogP contribution in [0.5, 0.6) is 0 Å². The number of hydrogen-bond donors (Lipinski definition) is 0. The fraction of sp³-hybridized carbons (Fsp3) is 0.588. The first-order chi connectivity index (χ1) is 10.6. The molecule has 0 atom stereocenters. The third kappa shape index (κ3) is 3.82. The summed E-state index contributed by atoms with van der Waals surface area (Å²) in [6.07, 6.45) is 3.12. The zero-order chi connectivity index (χ0) is 16.1. The molecule has 22 heavy (non-hydrogen) atoms. The van der Waals surface area contributed by atoms with Crippen LogP contribution in [-0.4, -0.2) is 38.9 Å². The lowest BCUT2D eigenvalue weighted by atomic mass is 10.0. The predicted molar refractivity (Wildman–Crippen MR) is 91.7 cm³/mol. The highest BCUT2D eigenvalue weighted by atomic mass is 79.9. The highest BCUT2D eigenvalue weighted by Gasteiger charge is 2.24. The zero-order valence-electron chi connectivity index (χ0n) is 13.5. The van der Waals surface area contributed by atoms with Gasteiger partial charge in [0.1, 0.15) is 0 Å². The molecule has 0 unspecified atom stereocenters. The van der Waals surface area contributed by atoms with Gasteiger partial charge in [-0.25, -0.2) is 4.79 Å². The average Bonchev–Trinajstić information content (AvgIpc) is 2.54. The summed E-state index contributed by atoms with van der Waals surface area (Å²) in [4.78, 5) is 14.4. The van der Waals surface area contributed by atoms with Gasteiger partial charge in [-0.3, -0.25) is 0 Å². The molecule has 0 radical (unpaired) electrons. The number of rotatable bonds is 5. The number of hydrogen-bond acceptors (Lipinski definition) is 4. The molecule has 1 fully saturated rings. The fourth-order valence-corrected chi connectivity index (χ4v) is 3.47. The summed E-state index contributed by atoms with van der Waals surface area (Å²) < 4.78 is 11.3. The lowest BCUT2D eigenvalue weighted by Gasteiger charge is -2.37. The van der Waals surface area contributed by atoms with Crippen molar-refractivity contribution in [2.45, 2.75) is 39.2 Å². The maximum absolute atomic E-state index is 12.0. The van der Waals surface area contributed by atoms with Crippen LogP contribution in [0.25, 0.3) is 0 Å². The molecule has 0 saturated carbocycles. The molecule has 0 amide bonds. The maximum atomic E-state index is 12.0. The van der Waals surface area contributed by atoms with Crippen molar-refractivity contribution < 1.29 is 14.3 Å². The molecule has 0 bridgehead atoms. The Morgan fingerprint density at radius 3 is 2.68 bits per heavy atom. The first-order valence-electron chi connectivity index (χ1n) is 7.81. The van der Waals surface area contributed by atoms with Gasteiger partial charge in [0.25, 0.3) is 0 Å². The van der Waals surface area contributed by atoms with Gasteiger partial charge in [0, 0.05) is 36.0 Å². The molecule has 0 aromatic heterocycles. The van der Waals surface area contributed by atoms with Gasteiger partial charge in [-0.2, -0.15) is 0 Å². The standard InChI is InChI=1S/C17H24BrNO3/c1-4-7-19(14-5-8-22-9-6-14)16-11-13(18)10-15(12(16)2)17(20)21-3/h10-11,14H,4-9H2,1-3H3. The van der Waals surface area contributed by atoms with E-state index in [-0.39, 0.29) is 5.97 Å². The van der Waals surface area contributed by atoms with Gasteiger partial charge in [0.2, 0.25) is 0 Å². The molecule has 122 valence electrons. The molecule has 1 aliphatic rings. The number of anilines is 1. The van der Waals surface area contributed by atoms with Crippen LogP contribution in [0.15, 0.2) is 16.6 Å². The third-order valence-corrected chi connectivity index (χ3v) is 4.61. The van der Waals surface area contributed by atoms with E-state index in [1.54, 1.807) is 0 Å². The number of carbonyl (C=O) groups is 1. The Hall–Kier alpha value is -1.07. The van der Waals surface area contributed by atoms with Crippen molar-refractivity contribution in [3.05, 3.63) is 27.7 Å². The highest BCUT2D eigenvalue weighted by molar-refractivity contribution is 9.10. The van der Waals surface area contributed by atoms with Crippen molar-refractivity contribution in [1.29, 1.82) is 0 Å². The van der Waals surface area contributed by atoms with Crippen LogP contribution in [-0.2, 0) is 9.47 Å². The van der Waals surface area contributed by atoms with E-state index in [0.717, 1.165) is 54.7 Å². The lowest BCUT2D eigenvalue weighted by molar-refractivity contribution is 0.0599. The normalized spacial score (nSPS) is 15.6. The Balaban J connectivity index is 2.41. The second-order valence-electron chi connectivity index (χ2n) is 5.63. The van der Waals surface area contributed by atoms with Crippen molar-refractivity contribution in [2.75, 3.05) is 31.8 Å². The maximum Gasteiger partial charge on any atom is 0.338 e. The first kappa shape index (κ1) is 17.3. The molecule has 1 aliphatic heterocycles. The van der Waals surface area contributed by atoms with E-state index in [0.29, 0.717) is 11.6 Å². The Bertz CT molecular complexity index is 527. The summed E-state index contributed by atoms with van der Waals surface area (Å²) in [5.41, 5.74) is 2.72. The van der Waals surface area contributed by atoms with Gasteiger partial charge in [-0.05, 0) is 43.9 Å². The van der Waals surface area contributed by atoms with Crippen LogP contribution in [0, 0.1) is 6.92 Å². The van der Waals surface area contributed by atoms with Gasteiger partial charge in [0.05, 0.1) is 12.7 Å². The second kappa shape index (κ2) is 7.97. The molecule has 0 aliphatic carbocycles. The highest BCUT2D eigenvalue weighted by Crippen LogP contribution is 2.32. The average molecular weight is 370 g/mol. The quantitative estimate of drug-likeness (QED) is 0.736. The van der Waals surface area contributed by atoms with Crippen LogP contribution < -0.4 is 4.90 Å². The molecule has 5 heteroatoms. The largest absolute Gasteiger partial charge is 0.465 e. The molecular formula is C17H24BrNO3. The van der Waals surface area contributed by atoms with Gasteiger partial charge in [0.15, 0.2) is 0 Å². The minimum absolute atomic E-state index is 0.288. The summed E-state index contributed by atoms with van der Waals surface area (Å²) >= 11 is 3.53. The van der Waals surface area contributed by atoms with E-state index in [9.17, 15) is 4.79 Å². The summed E-state index contributed by atoms with van der Waals surface area (Å²) in [5.74, 6) is -0.288. The lowest BCUT2D eigenvalue weighted by Crippen LogP contribution is -2.40. The van der Waals surface area contributed by atoms with Gasteiger partial charge >= 0.3 is 5.97 Å². The molecule has 0 spiro atoms. The molecule has 1 aromatic rings. The number of esters is 1. The van der Waals surface area contributed by atoms with Crippen molar-refractivity contribution in [1.82, 2.24) is 0 Å². The van der Waals surface area contributed by atoms with Gasteiger partial charge in [-0.15, -0.1) is 0 Å². The smallest absolute Gasteiger partial charge is 0.338 e. The zero-order valence-corrected chi connectivity index (χ0v) is 15.1. The van der Waals surface area contributed by atoms with Crippen molar-refractivity contribution in [2.24, 2.45) is 0 Å². The number of halogens is 1. The van der Waals surface area contributed by atoms with E-state index in [2.05, 4.69) is 33.8 Å². The first-order valence-corrected chi connectivity index (χ1v) is 8.60. The fourth-order valence-electron chi connectivity index (χ4n) is 3.02. The second-order valence-corrected chi connectivity index (χ2v) is 6.54. The molecule has 2 rings (SSSR count). The SMILES string of the molecule is CCCN(c1cc(Br)cc(C(=O)OC)c1C)C1CCOCC1. The predicted octanol–water partition coefficient (Wildman–Crippen LogP) is 3.94. The van der Waals surface area contributed by atoms with Crippen LogP contribution in [0.1, 0.15) is 42.1 Å². The molecule has 1 aromatic carbocycles. The number of nitrogens with zero attached hydrogens (tertiary/aromatic N) is 1. The third-order valence-electron chi connectivity index (χ3n) is 4.16. The van der Waals surface area contributed by atoms with Gasteiger partial charge in [-0.1, -0.05) is 22.9 Å². The summed E-state index contributed by atoms with van der Waals surface area (Å²) in [5, 5.41) is 0. The molecule has 1 saturated heterocycles. The Labute approximate surface area is 140 Å². The topological polar surface area (TPSA) is 38.8 Å². The molecular weight excluding hydrogens is 346 g/mol. The number of methoxy groups -OCH3 is 1. The molecule has 4 nitrogen and oxygen atoms in total. The van der Waals surface area contributed by atoms with Crippen molar-refractivity contribution in [3.8, 4) is 0 Å². The van der Waals surface area contributed by atoms with Gasteiger partial charge < -0.3 is 14.4 Å². The van der Waals surface area contributed by atoms with Crippen LogP contribution in [0.4, 0.5) is 5.69 Å². The minimum atomic E-state index is -0.288. The Morgan fingerprint density at radius 1 is 1.41 bits per heavy atom. The number of ether oxygens (including phenoxy) is 2. The number of carbonyl (C=O) groups excluding carboxylic acids is 1. The van der Waals surface area contributed by atoms with E-state index in [4.69, 9.17) is 9.47 Å². The number of benzene rings is 1. The minimum Gasteiger partial charge on any atom is -0.465 e. The van der Waals surface area contributed by atoms with E-state index in [1.165, 1.54) is 7.11 Å². The Kier molecular flexibility index (Phi) is 6.26. The summed E-state index contributed by atoms with van der Waals surface area (Å²) in [6, 6.07) is 4.40. The van der Waals surface area contributed by atoms with Crippen LogP contribution in [0.3, 0.4) is 0 Å². The van der Waals surface area contributed by atoms with E-state index >= 15 is 0 Å². The van der Waals surface area contributed by atoms with Crippen molar-refractivity contribution in [3.63, 3.8) is 0 Å². The van der Waals surface area contributed by atoms with E-state index < -0.39 is 0 Å². The summed E-state index contributed by atoms with van der Waals surface area (Å²) in [7, 11) is 1.42. The Morgan fingerprint density at radius 2 is 2.09 bits per heavy atom. The monoisotopic (exact) mass is 369 g/mol.